The molecule has 118 valence electrons. The van der Waals surface area contributed by atoms with Crippen molar-refractivity contribution in [1.29, 1.82) is 0 Å². The van der Waals surface area contributed by atoms with Crippen molar-refractivity contribution in [3.63, 3.8) is 0 Å². The van der Waals surface area contributed by atoms with Gasteiger partial charge in [0, 0.05) is 17.1 Å². The molecule has 3 aromatic rings. The molecule has 3 nitrogen and oxygen atoms in total. The largest absolute Gasteiger partial charge is 0.493 e. The Balaban J connectivity index is 1.41. The van der Waals surface area contributed by atoms with Gasteiger partial charge in [-0.3, -0.25) is 0 Å². The van der Waals surface area contributed by atoms with Gasteiger partial charge in [-0.15, -0.1) is 0 Å². The lowest BCUT2D eigenvalue weighted by atomic mass is 10.2. The number of hydrogen-bond acceptors (Lipinski definition) is 4. The highest BCUT2D eigenvalue weighted by atomic mass is 32.2. The molecule has 0 saturated carbocycles. The maximum absolute atomic E-state index is 12.8. The molecular formula is C18H16FNO2S. The molecule has 0 N–H and O–H groups in total. The van der Waals surface area contributed by atoms with Crippen LogP contribution < -0.4 is 4.74 Å². The van der Waals surface area contributed by atoms with Gasteiger partial charge in [-0.25, -0.2) is 9.37 Å². The average Bonchev–Trinajstić information content (AvgIpc) is 3.06. The van der Waals surface area contributed by atoms with Crippen LogP contribution in [0, 0.1) is 5.82 Å². The van der Waals surface area contributed by atoms with Crippen molar-refractivity contribution in [3.05, 3.63) is 72.4 Å². The molecule has 5 heteroatoms. The van der Waals surface area contributed by atoms with Crippen molar-refractivity contribution in [2.24, 2.45) is 0 Å². The van der Waals surface area contributed by atoms with Crippen molar-refractivity contribution in [2.75, 3.05) is 12.4 Å². The maximum atomic E-state index is 12.8. The van der Waals surface area contributed by atoms with Crippen LogP contribution in [-0.2, 0) is 5.75 Å². The Morgan fingerprint density at radius 2 is 1.83 bits per heavy atom. The van der Waals surface area contributed by atoms with E-state index in [0.29, 0.717) is 18.2 Å². The fraction of sp³-hybridized carbons (Fsp3) is 0.167. The van der Waals surface area contributed by atoms with E-state index in [-0.39, 0.29) is 5.82 Å². The quantitative estimate of drug-likeness (QED) is 0.584. The topological polar surface area (TPSA) is 35.3 Å². The minimum atomic E-state index is -0.257. The number of benzene rings is 2. The van der Waals surface area contributed by atoms with Gasteiger partial charge >= 0.3 is 0 Å². The molecule has 1 aromatic heterocycles. The third kappa shape index (κ3) is 4.60. The molecule has 3 rings (SSSR count). The van der Waals surface area contributed by atoms with E-state index < -0.39 is 0 Å². The summed E-state index contributed by atoms with van der Waals surface area (Å²) >= 11 is 1.72. The first-order valence-corrected chi connectivity index (χ1v) is 8.43. The molecule has 0 atom stereocenters. The highest BCUT2D eigenvalue weighted by Gasteiger charge is 2.06. The van der Waals surface area contributed by atoms with Gasteiger partial charge in [0.2, 0.25) is 5.89 Å². The van der Waals surface area contributed by atoms with Gasteiger partial charge in [0.15, 0.2) is 0 Å². The molecule has 0 aliphatic rings. The number of ether oxygens (including phenoxy) is 1. The summed E-state index contributed by atoms with van der Waals surface area (Å²) in [5.41, 5.74) is 1.89. The van der Waals surface area contributed by atoms with Crippen molar-refractivity contribution < 1.29 is 13.5 Å². The van der Waals surface area contributed by atoms with Crippen LogP contribution >= 0.6 is 11.8 Å². The first kappa shape index (κ1) is 15.6. The molecule has 0 aliphatic carbocycles. The second kappa shape index (κ2) is 7.83. The predicted octanol–water partition coefficient (Wildman–Crippen LogP) is 4.79. The summed E-state index contributed by atoms with van der Waals surface area (Å²) in [5, 5.41) is 0. The predicted molar refractivity (Wildman–Crippen MR) is 90.0 cm³/mol. The van der Waals surface area contributed by atoms with Crippen molar-refractivity contribution in [2.45, 2.75) is 5.75 Å². The smallest absolute Gasteiger partial charge is 0.226 e. The Morgan fingerprint density at radius 3 is 2.61 bits per heavy atom. The number of thioether (sulfide) groups is 1. The van der Waals surface area contributed by atoms with Crippen molar-refractivity contribution in [3.8, 4) is 17.2 Å². The molecular weight excluding hydrogens is 313 g/mol. The minimum absolute atomic E-state index is 0.257. The Morgan fingerprint density at radius 1 is 1.04 bits per heavy atom. The Kier molecular flexibility index (Phi) is 5.32. The Hall–Kier alpha value is -2.27. The zero-order chi connectivity index (χ0) is 15.9. The zero-order valence-corrected chi connectivity index (χ0v) is 13.3. The Labute approximate surface area is 138 Å². The lowest BCUT2D eigenvalue weighted by Crippen LogP contribution is -2.00. The molecule has 0 unspecified atom stereocenters. The molecule has 0 fully saturated rings. The normalized spacial score (nSPS) is 10.7. The average molecular weight is 329 g/mol. The molecule has 0 spiro atoms. The van der Waals surface area contributed by atoms with E-state index in [1.807, 2.05) is 30.3 Å². The van der Waals surface area contributed by atoms with E-state index in [4.69, 9.17) is 9.15 Å². The minimum Gasteiger partial charge on any atom is -0.493 e. The number of hydrogen-bond donors (Lipinski definition) is 0. The summed E-state index contributed by atoms with van der Waals surface area (Å²) in [4.78, 5) is 4.48. The number of oxazole rings is 1. The van der Waals surface area contributed by atoms with Crippen LogP contribution in [0.2, 0.25) is 0 Å². The highest BCUT2D eigenvalue weighted by Crippen LogP contribution is 2.20. The Bertz CT molecular complexity index is 728. The molecule has 0 bridgehead atoms. The fourth-order valence-electron chi connectivity index (χ4n) is 2.01. The summed E-state index contributed by atoms with van der Waals surface area (Å²) in [6.45, 7) is 0.569. The van der Waals surface area contributed by atoms with Gasteiger partial charge in [0.1, 0.15) is 17.8 Å². The number of aromatic nitrogens is 1. The standard InChI is InChI=1S/C18H16FNO2S/c19-15-6-8-17(9-7-15)21-10-11-23-13-16-12-22-18(20-16)14-4-2-1-3-5-14/h1-9,12H,10-11,13H2. The van der Waals surface area contributed by atoms with E-state index in [1.165, 1.54) is 12.1 Å². The van der Waals surface area contributed by atoms with Crippen LogP contribution in [0.25, 0.3) is 11.5 Å². The van der Waals surface area contributed by atoms with E-state index >= 15 is 0 Å². The molecule has 0 aliphatic heterocycles. The SMILES string of the molecule is Fc1ccc(OCCSCc2coc(-c3ccccc3)n2)cc1. The van der Waals surface area contributed by atoms with E-state index in [2.05, 4.69) is 4.98 Å². The summed E-state index contributed by atoms with van der Waals surface area (Å²) in [6, 6.07) is 15.9. The first-order valence-electron chi connectivity index (χ1n) is 7.27. The maximum Gasteiger partial charge on any atom is 0.226 e. The van der Waals surface area contributed by atoms with Gasteiger partial charge in [0.25, 0.3) is 0 Å². The number of halogens is 1. The van der Waals surface area contributed by atoms with Gasteiger partial charge in [-0.05, 0) is 36.4 Å². The van der Waals surface area contributed by atoms with Crippen LogP contribution in [-0.4, -0.2) is 17.3 Å². The van der Waals surface area contributed by atoms with Gasteiger partial charge in [0.05, 0.1) is 12.3 Å². The van der Waals surface area contributed by atoms with Crippen LogP contribution in [0.1, 0.15) is 5.69 Å². The lowest BCUT2D eigenvalue weighted by Gasteiger charge is -2.05. The van der Waals surface area contributed by atoms with E-state index in [1.54, 1.807) is 30.2 Å². The molecule has 1 heterocycles. The second-order valence-corrected chi connectivity index (χ2v) is 5.97. The van der Waals surface area contributed by atoms with Crippen molar-refractivity contribution in [1.82, 2.24) is 4.98 Å². The van der Waals surface area contributed by atoms with E-state index in [9.17, 15) is 4.39 Å². The van der Waals surface area contributed by atoms with Gasteiger partial charge in [-0.2, -0.15) is 11.8 Å². The summed E-state index contributed by atoms with van der Waals surface area (Å²) in [5.74, 6) is 2.66. The highest BCUT2D eigenvalue weighted by molar-refractivity contribution is 7.98. The second-order valence-electron chi connectivity index (χ2n) is 4.86. The number of rotatable bonds is 7. The number of nitrogens with zero attached hydrogens (tertiary/aromatic N) is 1. The molecule has 2 aromatic carbocycles. The van der Waals surface area contributed by atoms with Crippen molar-refractivity contribution >= 4 is 11.8 Å². The molecule has 23 heavy (non-hydrogen) atoms. The summed E-state index contributed by atoms with van der Waals surface area (Å²) < 4.78 is 23.8. The van der Waals surface area contributed by atoms with Gasteiger partial charge in [-0.1, -0.05) is 18.2 Å². The van der Waals surface area contributed by atoms with E-state index in [0.717, 1.165) is 22.8 Å². The van der Waals surface area contributed by atoms with Crippen LogP contribution in [0.5, 0.6) is 5.75 Å². The third-order valence-corrected chi connectivity index (χ3v) is 4.09. The molecule has 0 amide bonds. The van der Waals surface area contributed by atoms with Crippen LogP contribution in [0.3, 0.4) is 0 Å². The van der Waals surface area contributed by atoms with Gasteiger partial charge < -0.3 is 9.15 Å². The van der Waals surface area contributed by atoms with Crippen LogP contribution in [0.15, 0.2) is 65.3 Å². The zero-order valence-electron chi connectivity index (χ0n) is 12.4. The summed E-state index contributed by atoms with van der Waals surface area (Å²) in [6.07, 6.45) is 1.69. The first-order chi connectivity index (χ1) is 11.3. The monoisotopic (exact) mass is 329 g/mol. The fourth-order valence-corrected chi connectivity index (χ4v) is 2.70. The van der Waals surface area contributed by atoms with Crippen LogP contribution in [0.4, 0.5) is 4.39 Å². The molecule has 0 saturated heterocycles. The molecule has 0 radical (unpaired) electrons. The third-order valence-electron chi connectivity index (χ3n) is 3.13. The lowest BCUT2D eigenvalue weighted by molar-refractivity contribution is 0.343. The summed E-state index contributed by atoms with van der Waals surface area (Å²) in [7, 11) is 0.